The van der Waals surface area contributed by atoms with E-state index in [1.165, 1.54) is 0 Å². The first-order valence-electron chi connectivity index (χ1n) is 10.6. The van der Waals surface area contributed by atoms with Crippen LogP contribution in [0.3, 0.4) is 0 Å². The Bertz CT molecular complexity index is 1200. The molecule has 0 bridgehead atoms. The Labute approximate surface area is 188 Å². The number of benzene rings is 4. The molecule has 4 heteroatoms. The normalized spacial score (nSPS) is 16.9. The van der Waals surface area contributed by atoms with E-state index in [0.29, 0.717) is 5.56 Å². The van der Waals surface area contributed by atoms with Crippen LogP contribution in [0.4, 0.5) is 17.1 Å². The summed E-state index contributed by atoms with van der Waals surface area (Å²) < 4.78 is 6.35. The van der Waals surface area contributed by atoms with Gasteiger partial charge in [0, 0.05) is 42.3 Å². The van der Waals surface area contributed by atoms with E-state index in [2.05, 4.69) is 21.9 Å². The predicted molar refractivity (Wildman–Crippen MR) is 128 cm³/mol. The molecule has 0 aliphatic carbocycles. The van der Waals surface area contributed by atoms with E-state index in [1.807, 2.05) is 111 Å². The fraction of sp³-hybridized carbons (Fsp3) is 0.107. The fourth-order valence-electron chi connectivity index (χ4n) is 4.36. The minimum Gasteiger partial charge on any atom is -0.426 e. The van der Waals surface area contributed by atoms with Crippen molar-refractivity contribution in [2.75, 3.05) is 23.9 Å². The van der Waals surface area contributed by atoms with Gasteiger partial charge in [-0.25, -0.2) is 4.79 Å². The summed E-state index contributed by atoms with van der Waals surface area (Å²) in [5, 5.41) is 0. The molecule has 32 heavy (non-hydrogen) atoms. The van der Waals surface area contributed by atoms with Gasteiger partial charge in [-0.2, -0.15) is 0 Å². The number of carbonyl (C=O) groups excluding carboxylic acids is 1. The molecule has 0 amide bonds. The van der Waals surface area contributed by atoms with Crippen LogP contribution in [-0.4, -0.2) is 20.1 Å². The minimum absolute atomic E-state index is 0.325. The lowest BCUT2D eigenvalue weighted by Crippen LogP contribution is -2.45. The largest absolute Gasteiger partial charge is 0.426 e. The summed E-state index contributed by atoms with van der Waals surface area (Å²) in [7, 11) is 4.02. The summed E-state index contributed by atoms with van der Waals surface area (Å²) in [6.45, 7) is 0. The molecule has 1 aliphatic rings. The highest BCUT2D eigenvalue weighted by Crippen LogP contribution is 2.50. The van der Waals surface area contributed by atoms with E-state index in [4.69, 9.17) is 4.74 Å². The number of hydrogen-bond acceptors (Lipinski definition) is 4. The molecule has 158 valence electrons. The number of rotatable bonds is 5. The third kappa shape index (κ3) is 3.12. The Balaban J connectivity index is 1.83. The summed E-state index contributed by atoms with van der Waals surface area (Å²) in [6, 6.07) is 36.0. The van der Waals surface area contributed by atoms with Crippen LogP contribution in [0.15, 0.2) is 109 Å². The smallest absolute Gasteiger partial charge is 0.341 e. The molecule has 4 aromatic carbocycles. The molecule has 4 aromatic rings. The molecule has 0 saturated heterocycles. The molecule has 1 heterocycles. The lowest BCUT2D eigenvalue weighted by molar-refractivity contribution is 0.0134. The summed E-state index contributed by atoms with van der Waals surface area (Å²) in [5.41, 5.74) is 4.10. The zero-order valence-electron chi connectivity index (χ0n) is 18.1. The van der Waals surface area contributed by atoms with Gasteiger partial charge in [-0.1, -0.05) is 66.7 Å². The average Bonchev–Trinajstić information content (AvgIpc) is 3.14. The van der Waals surface area contributed by atoms with Crippen molar-refractivity contribution < 1.29 is 9.53 Å². The SMILES string of the molecule is CN(C)c1ccc(C2(N(c3ccccc3)c3ccccc3)OC(=O)c3ccccc32)cc1. The highest BCUT2D eigenvalue weighted by molar-refractivity contribution is 5.96. The maximum atomic E-state index is 13.1. The van der Waals surface area contributed by atoms with Crippen molar-refractivity contribution in [2.24, 2.45) is 0 Å². The highest BCUT2D eigenvalue weighted by atomic mass is 16.6. The molecule has 4 nitrogen and oxygen atoms in total. The summed E-state index contributed by atoms with van der Waals surface area (Å²) in [4.78, 5) is 17.3. The number of hydrogen-bond donors (Lipinski definition) is 0. The number of nitrogens with zero attached hydrogens (tertiary/aromatic N) is 2. The van der Waals surface area contributed by atoms with Gasteiger partial charge in [0.25, 0.3) is 0 Å². The Morgan fingerprint density at radius 1 is 0.625 bits per heavy atom. The van der Waals surface area contributed by atoms with Crippen LogP contribution in [0.2, 0.25) is 0 Å². The summed E-state index contributed by atoms with van der Waals surface area (Å²) >= 11 is 0. The van der Waals surface area contributed by atoms with Gasteiger partial charge in [0.15, 0.2) is 0 Å². The van der Waals surface area contributed by atoms with E-state index in [0.717, 1.165) is 28.2 Å². The van der Waals surface area contributed by atoms with Crippen molar-refractivity contribution in [3.05, 3.63) is 126 Å². The molecule has 0 saturated carbocycles. The van der Waals surface area contributed by atoms with Crippen LogP contribution in [0.1, 0.15) is 21.5 Å². The van der Waals surface area contributed by atoms with E-state index in [1.54, 1.807) is 0 Å². The van der Waals surface area contributed by atoms with Crippen molar-refractivity contribution in [1.82, 2.24) is 0 Å². The molecule has 0 spiro atoms. The van der Waals surface area contributed by atoms with Crippen LogP contribution in [0.25, 0.3) is 0 Å². The van der Waals surface area contributed by atoms with Crippen molar-refractivity contribution in [1.29, 1.82) is 0 Å². The number of fused-ring (bicyclic) bond motifs is 1. The molecule has 1 unspecified atom stereocenters. The highest BCUT2D eigenvalue weighted by Gasteiger charge is 2.52. The maximum absolute atomic E-state index is 13.1. The van der Waals surface area contributed by atoms with E-state index in [-0.39, 0.29) is 5.97 Å². The number of para-hydroxylation sites is 2. The van der Waals surface area contributed by atoms with E-state index in [9.17, 15) is 4.79 Å². The second-order valence-corrected chi connectivity index (χ2v) is 8.03. The van der Waals surface area contributed by atoms with Crippen LogP contribution < -0.4 is 9.80 Å². The molecular weight excluding hydrogens is 396 g/mol. The number of carbonyl (C=O) groups is 1. The monoisotopic (exact) mass is 420 g/mol. The van der Waals surface area contributed by atoms with Gasteiger partial charge in [0.05, 0.1) is 5.56 Å². The third-order valence-corrected chi connectivity index (χ3v) is 5.87. The van der Waals surface area contributed by atoms with Gasteiger partial charge in [0.2, 0.25) is 5.72 Å². The second kappa shape index (κ2) is 7.89. The number of cyclic esters (lactones) is 1. The Kier molecular flexibility index (Phi) is 4.91. The molecular formula is C28H24N2O2. The van der Waals surface area contributed by atoms with Gasteiger partial charge < -0.3 is 9.64 Å². The number of ether oxygens (including phenoxy) is 1. The molecule has 0 aromatic heterocycles. The van der Waals surface area contributed by atoms with E-state index >= 15 is 0 Å². The van der Waals surface area contributed by atoms with Crippen molar-refractivity contribution in [2.45, 2.75) is 5.72 Å². The van der Waals surface area contributed by atoms with Crippen LogP contribution >= 0.6 is 0 Å². The topological polar surface area (TPSA) is 32.8 Å². The van der Waals surface area contributed by atoms with Crippen LogP contribution in [-0.2, 0) is 10.5 Å². The van der Waals surface area contributed by atoms with Gasteiger partial charge in [-0.05, 0) is 42.5 Å². The fourth-order valence-corrected chi connectivity index (χ4v) is 4.36. The lowest BCUT2D eigenvalue weighted by Gasteiger charge is -2.42. The Morgan fingerprint density at radius 2 is 1.16 bits per heavy atom. The van der Waals surface area contributed by atoms with Gasteiger partial charge in [0.1, 0.15) is 0 Å². The summed E-state index contributed by atoms with van der Waals surface area (Å²) in [6.07, 6.45) is 0. The van der Waals surface area contributed by atoms with Gasteiger partial charge >= 0.3 is 5.97 Å². The minimum atomic E-state index is -1.14. The molecule has 1 aliphatic heterocycles. The number of anilines is 3. The van der Waals surface area contributed by atoms with Gasteiger partial charge in [-0.15, -0.1) is 0 Å². The predicted octanol–water partition coefficient (Wildman–Crippen LogP) is 5.96. The van der Waals surface area contributed by atoms with Crippen molar-refractivity contribution in [3.63, 3.8) is 0 Å². The summed E-state index contributed by atoms with van der Waals surface area (Å²) in [5.74, 6) is -0.325. The molecule has 0 radical (unpaired) electrons. The van der Waals surface area contributed by atoms with E-state index < -0.39 is 5.72 Å². The Hall–Kier alpha value is -4.05. The zero-order chi connectivity index (χ0) is 22.1. The maximum Gasteiger partial charge on any atom is 0.341 e. The van der Waals surface area contributed by atoms with Crippen LogP contribution in [0.5, 0.6) is 0 Å². The Morgan fingerprint density at radius 3 is 1.72 bits per heavy atom. The zero-order valence-corrected chi connectivity index (χ0v) is 18.1. The first-order valence-corrected chi connectivity index (χ1v) is 10.6. The van der Waals surface area contributed by atoms with Crippen molar-refractivity contribution in [3.8, 4) is 0 Å². The van der Waals surface area contributed by atoms with Gasteiger partial charge in [-0.3, -0.25) is 4.90 Å². The molecule has 1 atom stereocenters. The van der Waals surface area contributed by atoms with Crippen molar-refractivity contribution >= 4 is 23.0 Å². The quantitative estimate of drug-likeness (QED) is 0.373. The second-order valence-electron chi connectivity index (χ2n) is 8.03. The first kappa shape index (κ1) is 19.9. The number of esters is 1. The van der Waals surface area contributed by atoms with Crippen LogP contribution in [0, 0.1) is 0 Å². The first-order chi connectivity index (χ1) is 15.6. The molecule has 0 N–H and O–H groups in total. The molecule has 0 fully saturated rings. The lowest BCUT2D eigenvalue weighted by atomic mass is 9.90. The standard InChI is InChI=1S/C28H24N2O2/c1-29(2)22-19-17-21(18-20-22)28(26-16-10-9-15-25(26)27(31)32-28)30(23-11-5-3-6-12-23)24-13-7-4-8-14-24/h3-20H,1-2H3. The average molecular weight is 421 g/mol. The third-order valence-electron chi connectivity index (χ3n) is 5.87. The molecule has 5 rings (SSSR count).